The number of rotatable bonds is 6. The van der Waals surface area contributed by atoms with E-state index < -0.39 is 0 Å². The Morgan fingerprint density at radius 1 is 1.08 bits per heavy atom. The molecular weight excluding hydrogens is 348 g/mol. The number of likely N-dealkylation sites (tertiary alicyclic amines) is 1. The number of nitrogens with zero attached hydrogens (tertiary/aromatic N) is 1. The van der Waals surface area contributed by atoms with E-state index in [0.717, 1.165) is 70.0 Å². The predicted octanol–water partition coefficient (Wildman–Crippen LogP) is 3.68. The van der Waals surface area contributed by atoms with Gasteiger partial charge in [-0.15, -0.1) is 12.4 Å². The lowest BCUT2D eigenvalue weighted by molar-refractivity contribution is -0.132. The van der Waals surface area contributed by atoms with E-state index in [9.17, 15) is 4.79 Å². The highest BCUT2D eigenvalue weighted by atomic mass is 35.5. The minimum atomic E-state index is 0. The quantitative estimate of drug-likeness (QED) is 0.818. The number of carbonyl (C=O) groups is 1. The van der Waals surface area contributed by atoms with E-state index in [1.807, 2.05) is 12.1 Å². The molecule has 1 amide bonds. The maximum atomic E-state index is 12.5. The average Bonchev–Trinajstić information content (AvgIpc) is 2.68. The fourth-order valence-corrected chi connectivity index (χ4v) is 4.14. The second kappa shape index (κ2) is 10.8. The van der Waals surface area contributed by atoms with Crippen molar-refractivity contribution >= 4 is 18.3 Å². The van der Waals surface area contributed by atoms with Crippen LogP contribution in [0, 0.1) is 11.8 Å². The Morgan fingerprint density at radius 2 is 1.73 bits per heavy atom. The Kier molecular flexibility index (Phi) is 8.73. The third kappa shape index (κ3) is 6.17. The molecule has 0 saturated carbocycles. The fourth-order valence-electron chi connectivity index (χ4n) is 4.14. The number of nitrogens with one attached hydrogen (secondary N) is 1. The summed E-state index contributed by atoms with van der Waals surface area (Å²) in [6, 6.07) is 8.40. The molecule has 0 unspecified atom stereocenters. The Labute approximate surface area is 164 Å². The van der Waals surface area contributed by atoms with Crippen molar-refractivity contribution in [3.63, 3.8) is 0 Å². The van der Waals surface area contributed by atoms with Gasteiger partial charge in [-0.3, -0.25) is 4.79 Å². The molecule has 5 heteroatoms. The summed E-state index contributed by atoms with van der Waals surface area (Å²) in [5, 5.41) is 3.39. The average molecular weight is 381 g/mol. The van der Waals surface area contributed by atoms with Crippen molar-refractivity contribution in [3.8, 4) is 5.75 Å². The van der Waals surface area contributed by atoms with Crippen molar-refractivity contribution in [2.24, 2.45) is 11.8 Å². The van der Waals surface area contributed by atoms with E-state index in [0.29, 0.717) is 11.8 Å². The first-order valence-electron chi connectivity index (χ1n) is 9.86. The first kappa shape index (κ1) is 21.0. The third-order valence-electron chi connectivity index (χ3n) is 5.88. The molecule has 0 bridgehead atoms. The molecule has 1 N–H and O–H groups in total. The summed E-state index contributed by atoms with van der Waals surface area (Å²) in [4.78, 5) is 14.6. The number of methoxy groups -OCH3 is 1. The molecule has 1 aromatic carbocycles. The first-order chi connectivity index (χ1) is 12.2. The SMILES string of the molecule is COc1ccc(CC2CCN(C(=O)CCC3CCNCC3)CC2)cc1.Cl. The molecule has 2 saturated heterocycles. The lowest BCUT2D eigenvalue weighted by Gasteiger charge is -2.32. The molecule has 26 heavy (non-hydrogen) atoms. The predicted molar refractivity (Wildman–Crippen MR) is 108 cm³/mol. The van der Waals surface area contributed by atoms with Crippen LogP contribution in [-0.2, 0) is 11.2 Å². The maximum absolute atomic E-state index is 12.5. The Bertz CT molecular complexity index is 535. The minimum Gasteiger partial charge on any atom is -0.497 e. The van der Waals surface area contributed by atoms with Crippen LogP contribution in [0.2, 0.25) is 0 Å². The molecule has 2 aliphatic heterocycles. The number of carbonyl (C=O) groups excluding carboxylic acids is 1. The molecule has 146 valence electrons. The van der Waals surface area contributed by atoms with E-state index in [1.165, 1.54) is 18.4 Å². The summed E-state index contributed by atoms with van der Waals surface area (Å²) in [7, 11) is 1.70. The van der Waals surface area contributed by atoms with E-state index >= 15 is 0 Å². The van der Waals surface area contributed by atoms with Gasteiger partial charge in [0.2, 0.25) is 5.91 Å². The topological polar surface area (TPSA) is 41.6 Å². The van der Waals surface area contributed by atoms with E-state index in [-0.39, 0.29) is 12.4 Å². The zero-order chi connectivity index (χ0) is 17.5. The summed E-state index contributed by atoms with van der Waals surface area (Å²) >= 11 is 0. The summed E-state index contributed by atoms with van der Waals surface area (Å²) in [6.07, 6.45) is 7.66. The van der Waals surface area contributed by atoms with Gasteiger partial charge in [-0.1, -0.05) is 12.1 Å². The zero-order valence-corrected chi connectivity index (χ0v) is 16.7. The van der Waals surface area contributed by atoms with Crippen LogP contribution < -0.4 is 10.1 Å². The normalized spacial score (nSPS) is 19.0. The van der Waals surface area contributed by atoms with Gasteiger partial charge in [0.15, 0.2) is 0 Å². The van der Waals surface area contributed by atoms with Gasteiger partial charge in [0.25, 0.3) is 0 Å². The van der Waals surface area contributed by atoms with Crippen molar-refractivity contribution in [2.75, 3.05) is 33.3 Å². The molecule has 2 aliphatic rings. The Balaban J connectivity index is 0.00000243. The summed E-state index contributed by atoms with van der Waals surface area (Å²) in [5.41, 5.74) is 1.37. The van der Waals surface area contributed by atoms with Gasteiger partial charge in [0.05, 0.1) is 7.11 Å². The van der Waals surface area contributed by atoms with Crippen LogP contribution in [0.25, 0.3) is 0 Å². The second-order valence-corrected chi connectivity index (χ2v) is 7.61. The summed E-state index contributed by atoms with van der Waals surface area (Å²) in [6.45, 7) is 4.11. The van der Waals surface area contributed by atoms with Crippen LogP contribution in [0.5, 0.6) is 5.75 Å². The monoisotopic (exact) mass is 380 g/mol. The molecule has 3 rings (SSSR count). The van der Waals surface area contributed by atoms with E-state index in [1.54, 1.807) is 7.11 Å². The van der Waals surface area contributed by atoms with Crippen molar-refractivity contribution in [1.29, 1.82) is 0 Å². The van der Waals surface area contributed by atoms with Gasteiger partial charge in [-0.05, 0) is 81.1 Å². The first-order valence-corrected chi connectivity index (χ1v) is 9.86. The van der Waals surface area contributed by atoms with Crippen LogP contribution in [0.1, 0.15) is 44.1 Å². The van der Waals surface area contributed by atoms with Crippen LogP contribution in [-0.4, -0.2) is 44.1 Å². The molecule has 0 spiro atoms. The number of benzene rings is 1. The van der Waals surface area contributed by atoms with E-state index in [2.05, 4.69) is 22.3 Å². The van der Waals surface area contributed by atoms with Gasteiger partial charge < -0.3 is 15.0 Å². The van der Waals surface area contributed by atoms with Gasteiger partial charge in [-0.2, -0.15) is 0 Å². The van der Waals surface area contributed by atoms with Gasteiger partial charge in [-0.25, -0.2) is 0 Å². The number of halogens is 1. The standard InChI is InChI=1S/C21H32N2O2.ClH/c1-25-20-5-2-18(3-6-20)16-19-10-14-23(15-11-19)21(24)7-4-17-8-12-22-13-9-17;/h2-3,5-6,17,19,22H,4,7-16H2,1H3;1H. The molecule has 0 atom stereocenters. The smallest absolute Gasteiger partial charge is 0.222 e. The number of hydrogen-bond donors (Lipinski definition) is 1. The zero-order valence-electron chi connectivity index (χ0n) is 15.9. The molecule has 0 aromatic heterocycles. The highest BCUT2D eigenvalue weighted by Gasteiger charge is 2.23. The fraction of sp³-hybridized carbons (Fsp3) is 0.667. The lowest BCUT2D eigenvalue weighted by Crippen LogP contribution is -2.39. The van der Waals surface area contributed by atoms with Crippen molar-refractivity contribution in [2.45, 2.75) is 44.9 Å². The van der Waals surface area contributed by atoms with Crippen LogP contribution in [0.4, 0.5) is 0 Å². The largest absolute Gasteiger partial charge is 0.497 e. The molecular formula is C21H33ClN2O2. The van der Waals surface area contributed by atoms with Crippen LogP contribution in [0.3, 0.4) is 0 Å². The molecule has 1 aromatic rings. The van der Waals surface area contributed by atoms with Crippen molar-refractivity contribution in [1.82, 2.24) is 10.2 Å². The minimum absolute atomic E-state index is 0. The van der Waals surface area contributed by atoms with Gasteiger partial charge >= 0.3 is 0 Å². The highest BCUT2D eigenvalue weighted by Crippen LogP contribution is 2.24. The summed E-state index contributed by atoms with van der Waals surface area (Å²) < 4.78 is 5.22. The molecule has 4 nitrogen and oxygen atoms in total. The van der Waals surface area contributed by atoms with Gasteiger partial charge in [0.1, 0.15) is 5.75 Å². The van der Waals surface area contributed by atoms with Crippen molar-refractivity contribution < 1.29 is 9.53 Å². The lowest BCUT2D eigenvalue weighted by atomic mass is 9.89. The maximum Gasteiger partial charge on any atom is 0.222 e. The molecule has 2 heterocycles. The molecule has 0 aliphatic carbocycles. The molecule has 2 fully saturated rings. The number of ether oxygens (including phenoxy) is 1. The number of piperidine rings is 2. The highest BCUT2D eigenvalue weighted by molar-refractivity contribution is 5.85. The summed E-state index contributed by atoms with van der Waals surface area (Å²) in [5.74, 6) is 2.74. The third-order valence-corrected chi connectivity index (χ3v) is 5.88. The van der Waals surface area contributed by atoms with Gasteiger partial charge in [0, 0.05) is 19.5 Å². The number of amides is 1. The Morgan fingerprint density at radius 3 is 2.35 bits per heavy atom. The van der Waals surface area contributed by atoms with Crippen molar-refractivity contribution in [3.05, 3.63) is 29.8 Å². The number of hydrogen-bond acceptors (Lipinski definition) is 3. The van der Waals surface area contributed by atoms with Crippen LogP contribution in [0.15, 0.2) is 24.3 Å². The second-order valence-electron chi connectivity index (χ2n) is 7.61. The van der Waals surface area contributed by atoms with E-state index in [4.69, 9.17) is 4.74 Å². The molecule has 0 radical (unpaired) electrons. The Hall–Kier alpha value is -1.26. The van der Waals surface area contributed by atoms with Crippen LogP contribution >= 0.6 is 12.4 Å².